The monoisotopic (exact) mass is 243 g/mol. The van der Waals surface area contributed by atoms with Gasteiger partial charge in [0.15, 0.2) is 5.69 Å². The summed E-state index contributed by atoms with van der Waals surface area (Å²) in [4.78, 5) is 13.9. The van der Waals surface area contributed by atoms with Crippen molar-refractivity contribution in [1.29, 1.82) is 0 Å². The fourth-order valence-electron chi connectivity index (χ4n) is 2.25. The zero-order chi connectivity index (χ0) is 12.5. The molecular weight excluding hydrogens is 230 g/mol. The second-order valence-corrected chi connectivity index (χ2v) is 4.32. The predicted octanol–water partition coefficient (Wildman–Crippen LogP) is 0.585. The van der Waals surface area contributed by atoms with Gasteiger partial charge in [-0.25, -0.2) is 0 Å². The molecule has 1 amide bonds. The number of aromatic nitrogens is 3. The van der Waals surface area contributed by atoms with Crippen LogP contribution in [-0.4, -0.2) is 32.8 Å². The highest BCUT2D eigenvalue weighted by Gasteiger charge is 2.24. The van der Waals surface area contributed by atoms with Crippen molar-refractivity contribution < 1.29 is 4.79 Å². The molecule has 3 N–H and O–H groups in total. The summed E-state index contributed by atoms with van der Waals surface area (Å²) >= 11 is 0. The van der Waals surface area contributed by atoms with Gasteiger partial charge in [0.2, 0.25) is 0 Å². The number of carbonyl (C=O) groups is 1. The fourth-order valence-corrected chi connectivity index (χ4v) is 2.25. The van der Waals surface area contributed by atoms with Gasteiger partial charge in [-0.2, -0.15) is 15.4 Å². The van der Waals surface area contributed by atoms with Crippen LogP contribution in [0.25, 0.3) is 0 Å². The van der Waals surface area contributed by atoms with Gasteiger partial charge in [-0.1, -0.05) is 12.1 Å². The van der Waals surface area contributed by atoms with Crippen molar-refractivity contribution in [3.63, 3.8) is 0 Å². The van der Waals surface area contributed by atoms with Crippen molar-refractivity contribution in [2.75, 3.05) is 12.3 Å². The zero-order valence-electron chi connectivity index (χ0n) is 9.76. The molecule has 0 unspecified atom stereocenters. The molecule has 18 heavy (non-hydrogen) atoms. The summed E-state index contributed by atoms with van der Waals surface area (Å²) in [6.07, 6.45) is 2.26. The van der Waals surface area contributed by atoms with Crippen molar-refractivity contribution in [3.05, 3.63) is 41.2 Å². The normalized spacial score (nSPS) is 14.3. The Bertz CT molecular complexity index is 578. The molecule has 0 radical (unpaired) electrons. The summed E-state index contributed by atoms with van der Waals surface area (Å²) in [7, 11) is 0. The van der Waals surface area contributed by atoms with E-state index < -0.39 is 0 Å². The number of rotatable bonds is 1. The zero-order valence-corrected chi connectivity index (χ0v) is 9.76. The van der Waals surface area contributed by atoms with E-state index >= 15 is 0 Å². The summed E-state index contributed by atoms with van der Waals surface area (Å²) in [6, 6.07) is 5.87. The predicted molar refractivity (Wildman–Crippen MR) is 65.7 cm³/mol. The molecule has 1 aliphatic rings. The van der Waals surface area contributed by atoms with Gasteiger partial charge in [0.05, 0.1) is 6.20 Å². The van der Waals surface area contributed by atoms with Gasteiger partial charge in [-0.05, 0) is 23.6 Å². The quantitative estimate of drug-likeness (QED) is 0.717. The van der Waals surface area contributed by atoms with E-state index in [4.69, 9.17) is 5.73 Å². The van der Waals surface area contributed by atoms with Crippen LogP contribution >= 0.6 is 0 Å². The van der Waals surface area contributed by atoms with Gasteiger partial charge in [-0.15, -0.1) is 0 Å². The van der Waals surface area contributed by atoms with Crippen LogP contribution in [0.15, 0.2) is 24.4 Å². The van der Waals surface area contributed by atoms with Crippen LogP contribution in [0.1, 0.15) is 21.6 Å². The number of fused-ring (bicyclic) bond motifs is 1. The number of nitrogen functional groups attached to an aromatic ring is 1. The largest absolute Gasteiger partial charge is 0.398 e. The first-order chi connectivity index (χ1) is 8.75. The van der Waals surface area contributed by atoms with Crippen molar-refractivity contribution in [2.24, 2.45) is 0 Å². The smallest absolute Gasteiger partial charge is 0.276 e. The Morgan fingerprint density at radius 3 is 3.11 bits per heavy atom. The van der Waals surface area contributed by atoms with E-state index in [0.29, 0.717) is 18.8 Å². The molecule has 0 atom stereocenters. The van der Waals surface area contributed by atoms with E-state index in [1.807, 2.05) is 12.1 Å². The van der Waals surface area contributed by atoms with E-state index in [0.717, 1.165) is 17.7 Å². The first kappa shape index (κ1) is 10.8. The Morgan fingerprint density at radius 2 is 2.33 bits per heavy atom. The van der Waals surface area contributed by atoms with Crippen LogP contribution in [0.3, 0.4) is 0 Å². The number of aromatic amines is 1. The van der Waals surface area contributed by atoms with Crippen LogP contribution in [0.4, 0.5) is 5.69 Å². The van der Waals surface area contributed by atoms with Gasteiger partial charge in [0, 0.05) is 18.8 Å². The number of anilines is 1. The summed E-state index contributed by atoms with van der Waals surface area (Å²) in [5.74, 6) is -0.113. The van der Waals surface area contributed by atoms with E-state index in [2.05, 4.69) is 21.5 Å². The highest BCUT2D eigenvalue weighted by Crippen LogP contribution is 2.24. The van der Waals surface area contributed by atoms with Crippen LogP contribution < -0.4 is 5.73 Å². The number of nitrogens with zero attached hydrogens (tertiary/aromatic N) is 3. The minimum Gasteiger partial charge on any atom is -0.398 e. The molecule has 3 rings (SSSR count). The average Bonchev–Trinajstić information content (AvgIpc) is 2.92. The van der Waals surface area contributed by atoms with Crippen LogP contribution in [0.2, 0.25) is 0 Å². The average molecular weight is 243 g/mol. The highest BCUT2D eigenvalue weighted by atomic mass is 16.2. The Balaban J connectivity index is 1.87. The lowest BCUT2D eigenvalue weighted by molar-refractivity contribution is 0.0729. The molecule has 0 saturated heterocycles. The number of amides is 1. The third kappa shape index (κ3) is 1.71. The van der Waals surface area contributed by atoms with Crippen molar-refractivity contribution >= 4 is 11.6 Å². The number of H-pyrrole nitrogens is 1. The van der Waals surface area contributed by atoms with Gasteiger partial charge >= 0.3 is 0 Å². The lowest BCUT2D eigenvalue weighted by Crippen LogP contribution is -2.36. The van der Waals surface area contributed by atoms with Crippen LogP contribution in [-0.2, 0) is 13.0 Å². The minimum absolute atomic E-state index is 0.113. The first-order valence-corrected chi connectivity index (χ1v) is 5.77. The molecule has 1 aromatic heterocycles. The van der Waals surface area contributed by atoms with E-state index in [-0.39, 0.29) is 5.91 Å². The van der Waals surface area contributed by atoms with E-state index in [9.17, 15) is 4.79 Å². The van der Waals surface area contributed by atoms with Crippen LogP contribution in [0.5, 0.6) is 0 Å². The third-order valence-electron chi connectivity index (χ3n) is 3.23. The van der Waals surface area contributed by atoms with Crippen molar-refractivity contribution in [3.8, 4) is 0 Å². The maximum atomic E-state index is 12.1. The Labute approximate surface area is 104 Å². The lowest BCUT2D eigenvalue weighted by atomic mass is 9.98. The molecule has 6 nitrogen and oxygen atoms in total. The summed E-state index contributed by atoms with van der Waals surface area (Å²) in [5.41, 5.74) is 9.30. The fraction of sp³-hybridized carbons (Fsp3) is 0.250. The number of hydrogen-bond donors (Lipinski definition) is 2. The summed E-state index contributed by atoms with van der Waals surface area (Å²) in [6.45, 7) is 1.22. The van der Waals surface area contributed by atoms with Crippen molar-refractivity contribution in [1.82, 2.24) is 20.3 Å². The number of carbonyl (C=O) groups excluding carboxylic acids is 1. The van der Waals surface area contributed by atoms with Gasteiger partial charge in [0.1, 0.15) is 0 Å². The summed E-state index contributed by atoms with van der Waals surface area (Å²) in [5, 5.41) is 9.91. The number of benzene rings is 1. The van der Waals surface area contributed by atoms with Gasteiger partial charge in [0.25, 0.3) is 5.91 Å². The molecule has 6 heteroatoms. The standard InChI is InChI=1S/C12H13N5O/c13-10-3-1-2-8-4-5-17(7-9(8)10)12(18)11-6-14-16-15-11/h1-3,6H,4-5,7,13H2,(H,14,15,16). The maximum Gasteiger partial charge on any atom is 0.276 e. The number of nitrogens with one attached hydrogen (secondary N) is 1. The first-order valence-electron chi connectivity index (χ1n) is 5.77. The molecule has 1 aromatic carbocycles. The molecule has 92 valence electrons. The van der Waals surface area contributed by atoms with E-state index in [1.165, 1.54) is 11.8 Å². The molecular formula is C12H13N5O. The molecule has 0 bridgehead atoms. The molecule has 1 aliphatic heterocycles. The van der Waals surface area contributed by atoms with Gasteiger partial charge < -0.3 is 10.6 Å². The number of nitrogens with two attached hydrogens (primary N) is 1. The van der Waals surface area contributed by atoms with Crippen LogP contribution in [0, 0.1) is 0 Å². The molecule has 0 saturated carbocycles. The maximum absolute atomic E-state index is 12.1. The third-order valence-corrected chi connectivity index (χ3v) is 3.23. The van der Waals surface area contributed by atoms with E-state index in [1.54, 1.807) is 4.90 Å². The molecule has 0 aliphatic carbocycles. The molecule has 0 spiro atoms. The highest BCUT2D eigenvalue weighted by molar-refractivity contribution is 5.92. The second-order valence-electron chi connectivity index (χ2n) is 4.32. The number of hydrogen-bond acceptors (Lipinski definition) is 4. The Morgan fingerprint density at radius 1 is 1.44 bits per heavy atom. The Kier molecular flexibility index (Phi) is 2.47. The van der Waals surface area contributed by atoms with Crippen molar-refractivity contribution in [2.45, 2.75) is 13.0 Å². The molecule has 2 aromatic rings. The topological polar surface area (TPSA) is 87.9 Å². The lowest BCUT2D eigenvalue weighted by Gasteiger charge is -2.29. The second kappa shape index (κ2) is 4.14. The molecule has 2 heterocycles. The summed E-state index contributed by atoms with van der Waals surface area (Å²) < 4.78 is 0. The molecule has 0 fully saturated rings. The minimum atomic E-state index is -0.113. The SMILES string of the molecule is Nc1cccc2c1CN(C(=O)c1cn[nH]n1)CC2. The Hall–Kier alpha value is -2.37. The van der Waals surface area contributed by atoms with Gasteiger partial charge in [-0.3, -0.25) is 4.79 Å².